The van der Waals surface area contributed by atoms with Gasteiger partial charge in [-0.3, -0.25) is 4.99 Å². The predicted octanol–water partition coefficient (Wildman–Crippen LogP) is 4.29. The first-order valence-electron chi connectivity index (χ1n) is 6.55. The zero-order chi connectivity index (χ0) is 14.3. The van der Waals surface area contributed by atoms with E-state index in [2.05, 4.69) is 24.9 Å². The molecule has 1 N–H and O–H groups in total. The van der Waals surface area contributed by atoms with Crippen molar-refractivity contribution in [1.82, 2.24) is 0 Å². The normalized spacial score (nSPS) is 12.2. The highest BCUT2D eigenvalue weighted by atomic mass is 16.5. The second kappa shape index (κ2) is 7.52. The average Bonchev–Trinajstić information content (AvgIpc) is 2.42. The van der Waals surface area contributed by atoms with Gasteiger partial charge in [-0.1, -0.05) is 39.0 Å². The van der Waals surface area contributed by atoms with Crippen LogP contribution in [0.4, 0.5) is 0 Å². The van der Waals surface area contributed by atoms with Crippen LogP contribution in [0, 0.1) is 5.41 Å². The summed E-state index contributed by atoms with van der Waals surface area (Å²) in [4.78, 5) is 4.19. The standard InChI is InChI=1S/C16H22N2O/c1-5-9-18-11-13(10-17)15-8-6-7-14(12(2)3)16(15)19-4/h6-12,17H,5H2,1-4H3/b13-11+,17-10?,18-9?. The van der Waals surface area contributed by atoms with E-state index in [9.17, 15) is 0 Å². The summed E-state index contributed by atoms with van der Waals surface area (Å²) in [5, 5.41) is 7.56. The van der Waals surface area contributed by atoms with Crippen molar-refractivity contribution in [1.29, 1.82) is 5.41 Å². The highest BCUT2D eigenvalue weighted by Gasteiger charge is 2.13. The summed E-state index contributed by atoms with van der Waals surface area (Å²) in [5.41, 5.74) is 2.81. The van der Waals surface area contributed by atoms with Crippen LogP contribution in [0.3, 0.4) is 0 Å². The molecule has 0 radical (unpaired) electrons. The molecule has 0 heterocycles. The lowest BCUT2D eigenvalue weighted by Gasteiger charge is -2.15. The molecule has 0 bridgehead atoms. The van der Waals surface area contributed by atoms with Crippen molar-refractivity contribution in [3.63, 3.8) is 0 Å². The number of nitrogens with one attached hydrogen (secondary N) is 1. The van der Waals surface area contributed by atoms with Crippen LogP contribution in [0.1, 0.15) is 44.2 Å². The molecule has 0 aliphatic carbocycles. The largest absolute Gasteiger partial charge is 0.496 e. The quantitative estimate of drug-likeness (QED) is 0.760. The number of para-hydroxylation sites is 1. The van der Waals surface area contributed by atoms with Crippen LogP contribution < -0.4 is 4.74 Å². The van der Waals surface area contributed by atoms with Gasteiger partial charge in [0.1, 0.15) is 5.75 Å². The number of ether oxygens (including phenoxy) is 1. The fraction of sp³-hybridized carbons (Fsp3) is 0.375. The predicted molar refractivity (Wildman–Crippen MR) is 82.6 cm³/mol. The van der Waals surface area contributed by atoms with E-state index in [1.54, 1.807) is 13.3 Å². The second-order valence-corrected chi connectivity index (χ2v) is 4.55. The van der Waals surface area contributed by atoms with E-state index >= 15 is 0 Å². The van der Waals surface area contributed by atoms with E-state index in [1.165, 1.54) is 6.21 Å². The molecule has 0 saturated heterocycles. The second-order valence-electron chi connectivity index (χ2n) is 4.55. The molecule has 0 aromatic heterocycles. The maximum Gasteiger partial charge on any atom is 0.130 e. The summed E-state index contributed by atoms with van der Waals surface area (Å²) in [5.74, 6) is 1.21. The lowest BCUT2D eigenvalue weighted by Crippen LogP contribution is -1.99. The topological polar surface area (TPSA) is 45.4 Å². The first-order valence-corrected chi connectivity index (χ1v) is 6.55. The first kappa shape index (κ1) is 15.2. The number of hydrogen-bond donors (Lipinski definition) is 1. The Labute approximate surface area is 115 Å². The summed E-state index contributed by atoms with van der Waals surface area (Å²) in [6.07, 6.45) is 5.72. The summed E-state index contributed by atoms with van der Waals surface area (Å²) >= 11 is 0. The van der Waals surface area contributed by atoms with E-state index in [0.29, 0.717) is 5.92 Å². The van der Waals surface area contributed by atoms with Crippen molar-refractivity contribution in [3.05, 3.63) is 35.5 Å². The molecule has 0 atom stereocenters. The van der Waals surface area contributed by atoms with Gasteiger partial charge < -0.3 is 10.1 Å². The van der Waals surface area contributed by atoms with Crippen molar-refractivity contribution in [2.24, 2.45) is 4.99 Å². The van der Waals surface area contributed by atoms with Crippen LogP contribution in [0.25, 0.3) is 5.57 Å². The molecule has 1 aromatic carbocycles. The Hall–Kier alpha value is -1.90. The highest BCUT2D eigenvalue weighted by molar-refractivity contribution is 6.09. The molecule has 0 aliphatic rings. The van der Waals surface area contributed by atoms with Gasteiger partial charge in [0.05, 0.1) is 7.11 Å². The lowest BCUT2D eigenvalue weighted by molar-refractivity contribution is 0.406. The molecule has 0 aliphatic heterocycles. The van der Waals surface area contributed by atoms with E-state index in [-0.39, 0.29) is 0 Å². The van der Waals surface area contributed by atoms with Crippen molar-refractivity contribution < 1.29 is 4.74 Å². The summed E-state index contributed by atoms with van der Waals surface area (Å²) in [6, 6.07) is 6.01. The monoisotopic (exact) mass is 258 g/mol. The maximum absolute atomic E-state index is 7.56. The van der Waals surface area contributed by atoms with Crippen LogP contribution in [-0.2, 0) is 0 Å². The van der Waals surface area contributed by atoms with Crippen LogP contribution in [0.2, 0.25) is 0 Å². The van der Waals surface area contributed by atoms with E-state index in [0.717, 1.165) is 28.9 Å². The molecule has 102 valence electrons. The van der Waals surface area contributed by atoms with E-state index in [4.69, 9.17) is 10.1 Å². The average molecular weight is 258 g/mol. The smallest absolute Gasteiger partial charge is 0.130 e. The zero-order valence-corrected chi connectivity index (χ0v) is 12.1. The highest BCUT2D eigenvalue weighted by Crippen LogP contribution is 2.33. The van der Waals surface area contributed by atoms with Crippen LogP contribution in [-0.4, -0.2) is 19.5 Å². The minimum absolute atomic E-state index is 0.376. The maximum atomic E-state index is 7.56. The van der Waals surface area contributed by atoms with Gasteiger partial charge >= 0.3 is 0 Å². The summed E-state index contributed by atoms with van der Waals surface area (Å²) in [6.45, 7) is 6.29. The number of aliphatic imine (C=N–C) groups is 1. The number of nitrogens with zero attached hydrogens (tertiary/aromatic N) is 1. The molecule has 19 heavy (non-hydrogen) atoms. The van der Waals surface area contributed by atoms with Crippen LogP contribution in [0.5, 0.6) is 5.75 Å². The van der Waals surface area contributed by atoms with Crippen molar-refractivity contribution >= 4 is 18.0 Å². The minimum Gasteiger partial charge on any atom is -0.496 e. The fourth-order valence-corrected chi connectivity index (χ4v) is 1.89. The Kier molecular flexibility index (Phi) is 6.00. The van der Waals surface area contributed by atoms with Crippen LogP contribution >= 0.6 is 0 Å². The van der Waals surface area contributed by atoms with Crippen LogP contribution in [0.15, 0.2) is 29.4 Å². The molecule has 0 amide bonds. The van der Waals surface area contributed by atoms with E-state index < -0.39 is 0 Å². The fourth-order valence-electron chi connectivity index (χ4n) is 1.89. The molecular formula is C16H22N2O. The molecule has 1 rings (SSSR count). The number of hydrogen-bond acceptors (Lipinski definition) is 3. The third kappa shape index (κ3) is 3.78. The molecule has 0 saturated carbocycles. The third-order valence-electron chi connectivity index (χ3n) is 2.84. The van der Waals surface area contributed by atoms with Crippen molar-refractivity contribution in [2.75, 3.05) is 7.11 Å². The third-order valence-corrected chi connectivity index (χ3v) is 2.84. The van der Waals surface area contributed by atoms with Gasteiger partial charge in [-0.05, 0) is 17.9 Å². The Balaban J connectivity index is 3.31. The molecule has 3 nitrogen and oxygen atoms in total. The van der Waals surface area contributed by atoms with Crippen molar-refractivity contribution in [3.8, 4) is 5.75 Å². The zero-order valence-electron chi connectivity index (χ0n) is 12.1. The molecule has 1 aromatic rings. The molecule has 0 spiro atoms. The van der Waals surface area contributed by atoms with Gasteiger partial charge in [0.2, 0.25) is 0 Å². The SMILES string of the molecule is CCC=N/C=C(\C=N)c1cccc(C(C)C)c1OC. The Morgan fingerprint density at radius 2 is 2.16 bits per heavy atom. The van der Waals surface area contributed by atoms with Gasteiger partial charge in [-0.15, -0.1) is 0 Å². The Morgan fingerprint density at radius 3 is 2.68 bits per heavy atom. The minimum atomic E-state index is 0.376. The van der Waals surface area contributed by atoms with E-state index in [1.807, 2.05) is 25.3 Å². The Bertz CT molecular complexity index is 488. The van der Waals surface area contributed by atoms with Gasteiger partial charge in [0.25, 0.3) is 0 Å². The molecular weight excluding hydrogens is 236 g/mol. The Morgan fingerprint density at radius 1 is 1.42 bits per heavy atom. The summed E-state index contributed by atoms with van der Waals surface area (Å²) in [7, 11) is 1.67. The van der Waals surface area contributed by atoms with Gasteiger partial charge in [0.15, 0.2) is 0 Å². The number of allylic oxidation sites excluding steroid dienone is 1. The first-order chi connectivity index (χ1) is 9.15. The van der Waals surface area contributed by atoms with Gasteiger partial charge in [-0.2, -0.15) is 0 Å². The van der Waals surface area contributed by atoms with Crippen molar-refractivity contribution in [2.45, 2.75) is 33.1 Å². The summed E-state index contributed by atoms with van der Waals surface area (Å²) < 4.78 is 5.53. The number of rotatable bonds is 6. The number of methoxy groups -OCH3 is 1. The molecule has 3 heteroatoms. The molecule has 0 unspecified atom stereocenters. The van der Waals surface area contributed by atoms with Gasteiger partial charge in [0, 0.05) is 29.8 Å². The molecule has 0 fully saturated rings. The van der Waals surface area contributed by atoms with Gasteiger partial charge in [-0.25, -0.2) is 0 Å². The number of benzene rings is 1. The lowest BCUT2D eigenvalue weighted by atomic mass is 9.96.